The number of piperazine rings is 1. The lowest BCUT2D eigenvalue weighted by Gasteiger charge is -2.34. The van der Waals surface area contributed by atoms with Gasteiger partial charge in [-0.2, -0.15) is 0 Å². The van der Waals surface area contributed by atoms with E-state index in [1.807, 2.05) is 59.5 Å². The van der Waals surface area contributed by atoms with Crippen molar-refractivity contribution in [1.29, 1.82) is 0 Å². The molecule has 0 radical (unpaired) electrons. The molecule has 3 aromatic rings. The quantitative estimate of drug-likeness (QED) is 0.497. The summed E-state index contributed by atoms with van der Waals surface area (Å²) in [6.07, 6.45) is 3.29. The lowest BCUT2D eigenvalue weighted by atomic mass is 10.0. The Bertz CT molecular complexity index is 1220. The second-order valence-corrected chi connectivity index (χ2v) is 9.99. The summed E-state index contributed by atoms with van der Waals surface area (Å²) in [4.78, 5) is 39.5. The Morgan fingerprint density at radius 1 is 0.921 bits per heavy atom. The molecule has 2 aliphatic rings. The Balaban J connectivity index is 1.17. The third kappa shape index (κ3) is 5.84. The molecule has 0 spiro atoms. The topological polar surface area (TPSA) is 110 Å². The fraction of sp³-hybridized carbons (Fsp3) is 0.379. The first kappa shape index (κ1) is 25.8. The zero-order valence-electron chi connectivity index (χ0n) is 21.3. The van der Waals surface area contributed by atoms with Crippen LogP contribution < -0.4 is 0 Å². The van der Waals surface area contributed by atoms with Crippen molar-refractivity contribution in [3.8, 4) is 0 Å². The normalized spacial score (nSPS) is 20.9. The van der Waals surface area contributed by atoms with Gasteiger partial charge in [-0.1, -0.05) is 42.5 Å². The second kappa shape index (κ2) is 11.7. The van der Waals surface area contributed by atoms with Crippen molar-refractivity contribution in [3.63, 3.8) is 0 Å². The molecule has 0 aliphatic carbocycles. The first-order valence-corrected chi connectivity index (χ1v) is 13.1. The highest BCUT2D eigenvalue weighted by molar-refractivity contribution is 5.92. The van der Waals surface area contributed by atoms with Gasteiger partial charge in [0.15, 0.2) is 0 Å². The average Bonchev–Trinajstić information content (AvgIpc) is 3.38. The highest BCUT2D eigenvalue weighted by atomic mass is 16.4. The van der Waals surface area contributed by atoms with Crippen molar-refractivity contribution >= 4 is 12.0 Å². The van der Waals surface area contributed by atoms with Gasteiger partial charge >= 0.3 is 6.09 Å². The molecule has 2 saturated heterocycles. The summed E-state index contributed by atoms with van der Waals surface area (Å²) < 4.78 is 0. The standard InChI is InChI=1S/C29H33N5O4/c35-27(22-6-2-1-3-7-22)26-12-10-24(34(26)29(37)38)18-21-9-11-25(31-19-21)28(36)33-16-14-32(15-17-33)20-23-8-4-5-13-30-23/h1-9,11,13,19,24,26-27,35H,10,12,14-18,20H2,(H,37,38)/t24-,26+,27+/m0/s1. The number of nitrogens with zero attached hydrogens (tertiary/aromatic N) is 5. The van der Waals surface area contributed by atoms with E-state index < -0.39 is 18.2 Å². The highest BCUT2D eigenvalue weighted by Crippen LogP contribution is 2.34. The summed E-state index contributed by atoms with van der Waals surface area (Å²) in [5.41, 5.74) is 3.00. The molecule has 3 atom stereocenters. The first-order chi connectivity index (χ1) is 18.5. The summed E-state index contributed by atoms with van der Waals surface area (Å²) in [7, 11) is 0. The van der Waals surface area contributed by atoms with Gasteiger partial charge in [-0.25, -0.2) is 4.79 Å². The molecule has 38 heavy (non-hydrogen) atoms. The molecule has 0 saturated carbocycles. The van der Waals surface area contributed by atoms with Gasteiger partial charge in [0.2, 0.25) is 0 Å². The van der Waals surface area contributed by atoms with Gasteiger partial charge in [-0.05, 0) is 48.6 Å². The van der Waals surface area contributed by atoms with Gasteiger partial charge in [0.1, 0.15) is 5.69 Å². The number of carbonyl (C=O) groups is 2. The average molecular weight is 516 g/mol. The van der Waals surface area contributed by atoms with Crippen LogP contribution in [0.3, 0.4) is 0 Å². The minimum absolute atomic E-state index is 0.0897. The molecule has 2 aliphatic heterocycles. The number of carbonyl (C=O) groups excluding carboxylic acids is 1. The maximum atomic E-state index is 13.0. The van der Waals surface area contributed by atoms with Crippen LogP contribution in [0.1, 0.15) is 46.3 Å². The molecular formula is C29H33N5O4. The number of carboxylic acid groups (broad SMARTS) is 1. The van der Waals surface area contributed by atoms with E-state index in [0.29, 0.717) is 43.6 Å². The lowest BCUT2D eigenvalue weighted by molar-refractivity contribution is 0.0540. The van der Waals surface area contributed by atoms with Crippen molar-refractivity contribution in [2.45, 2.75) is 44.0 Å². The monoisotopic (exact) mass is 515 g/mol. The van der Waals surface area contributed by atoms with E-state index in [1.54, 1.807) is 18.5 Å². The van der Waals surface area contributed by atoms with E-state index in [9.17, 15) is 19.8 Å². The Morgan fingerprint density at radius 2 is 1.68 bits per heavy atom. The van der Waals surface area contributed by atoms with E-state index in [-0.39, 0.29) is 11.9 Å². The Kier molecular flexibility index (Phi) is 7.95. The van der Waals surface area contributed by atoms with Crippen molar-refractivity contribution in [2.75, 3.05) is 26.2 Å². The number of aromatic nitrogens is 2. The number of rotatable bonds is 7. The number of benzene rings is 1. The van der Waals surface area contributed by atoms with Crippen LogP contribution in [0.15, 0.2) is 73.1 Å². The molecule has 1 aromatic carbocycles. The predicted molar refractivity (Wildman–Crippen MR) is 141 cm³/mol. The number of likely N-dealkylation sites (tertiary alicyclic amines) is 1. The van der Waals surface area contributed by atoms with Crippen molar-refractivity contribution in [1.82, 2.24) is 24.7 Å². The van der Waals surface area contributed by atoms with Crippen LogP contribution in [0.25, 0.3) is 0 Å². The summed E-state index contributed by atoms with van der Waals surface area (Å²) in [6, 6.07) is 17.9. The van der Waals surface area contributed by atoms with Gasteiger partial charge in [-0.15, -0.1) is 0 Å². The van der Waals surface area contributed by atoms with Crippen molar-refractivity contribution < 1.29 is 19.8 Å². The minimum Gasteiger partial charge on any atom is -0.465 e. The molecule has 0 unspecified atom stereocenters. The molecule has 9 nitrogen and oxygen atoms in total. The summed E-state index contributed by atoms with van der Waals surface area (Å²) in [5, 5.41) is 20.8. The predicted octanol–water partition coefficient (Wildman–Crippen LogP) is 3.22. The number of amides is 2. The number of hydrogen-bond acceptors (Lipinski definition) is 6. The largest absolute Gasteiger partial charge is 0.465 e. The van der Waals surface area contributed by atoms with Crippen LogP contribution in [0.2, 0.25) is 0 Å². The van der Waals surface area contributed by atoms with Crippen LogP contribution in [0, 0.1) is 0 Å². The Hall–Kier alpha value is -3.82. The summed E-state index contributed by atoms with van der Waals surface area (Å²) >= 11 is 0. The zero-order valence-corrected chi connectivity index (χ0v) is 21.3. The van der Waals surface area contributed by atoms with E-state index in [4.69, 9.17) is 0 Å². The van der Waals surface area contributed by atoms with Gasteiger partial charge in [0.25, 0.3) is 5.91 Å². The van der Waals surface area contributed by atoms with Gasteiger partial charge in [0, 0.05) is 51.2 Å². The van der Waals surface area contributed by atoms with Gasteiger partial charge in [0.05, 0.1) is 17.8 Å². The lowest BCUT2D eigenvalue weighted by Crippen LogP contribution is -2.48. The molecule has 2 aromatic heterocycles. The molecule has 2 N–H and O–H groups in total. The molecule has 198 valence electrons. The molecule has 9 heteroatoms. The van der Waals surface area contributed by atoms with Gasteiger partial charge in [-0.3, -0.25) is 24.6 Å². The van der Waals surface area contributed by atoms with Crippen LogP contribution >= 0.6 is 0 Å². The molecule has 0 bridgehead atoms. The highest BCUT2D eigenvalue weighted by Gasteiger charge is 2.41. The Morgan fingerprint density at radius 3 is 2.34 bits per heavy atom. The molecule has 5 rings (SSSR count). The molecular weight excluding hydrogens is 482 g/mol. The van der Waals surface area contributed by atoms with Crippen molar-refractivity contribution in [2.24, 2.45) is 0 Å². The fourth-order valence-electron chi connectivity index (χ4n) is 5.53. The molecule has 4 heterocycles. The smallest absolute Gasteiger partial charge is 0.407 e. The van der Waals surface area contributed by atoms with Gasteiger partial charge < -0.3 is 15.1 Å². The van der Waals surface area contributed by atoms with Crippen LogP contribution in [0.4, 0.5) is 4.79 Å². The van der Waals surface area contributed by atoms with Crippen LogP contribution in [0.5, 0.6) is 0 Å². The molecule has 2 fully saturated rings. The van der Waals surface area contributed by atoms with E-state index in [0.717, 1.165) is 30.9 Å². The summed E-state index contributed by atoms with van der Waals surface area (Å²) in [6.45, 7) is 3.60. The van der Waals surface area contributed by atoms with Crippen LogP contribution in [-0.4, -0.2) is 85.1 Å². The summed E-state index contributed by atoms with van der Waals surface area (Å²) in [5.74, 6) is -0.0897. The molecule has 2 amide bonds. The number of aliphatic hydroxyl groups excluding tert-OH is 1. The second-order valence-electron chi connectivity index (χ2n) is 9.99. The third-order valence-electron chi connectivity index (χ3n) is 7.56. The number of aliphatic hydroxyl groups is 1. The maximum Gasteiger partial charge on any atom is 0.407 e. The SMILES string of the molecule is O=C(c1ccc(C[C@@H]2CC[C@H]([C@H](O)c3ccccc3)N2C(=O)O)cn1)N1CCN(Cc2ccccn2)CC1. The minimum atomic E-state index is -1.03. The maximum absolute atomic E-state index is 13.0. The van der Waals surface area contributed by atoms with E-state index >= 15 is 0 Å². The third-order valence-corrected chi connectivity index (χ3v) is 7.56. The van der Waals surface area contributed by atoms with E-state index in [2.05, 4.69) is 14.9 Å². The van der Waals surface area contributed by atoms with Crippen LogP contribution in [-0.2, 0) is 13.0 Å². The zero-order chi connectivity index (χ0) is 26.5. The fourth-order valence-corrected chi connectivity index (χ4v) is 5.53. The first-order valence-electron chi connectivity index (χ1n) is 13.1. The number of pyridine rings is 2. The van der Waals surface area contributed by atoms with E-state index in [1.165, 1.54) is 4.90 Å². The number of hydrogen-bond donors (Lipinski definition) is 2. The Labute approximate surface area is 222 Å². The van der Waals surface area contributed by atoms with Crippen molar-refractivity contribution in [3.05, 3.63) is 95.6 Å².